The fraction of sp³-hybridized carbons (Fsp3) is 0.125. The Bertz CT molecular complexity index is 987. The number of aromatic nitrogens is 1. The summed E-state index contributed by atoms with van der Waals surface area (Å²) in [5.74, 6) is 1.08. The first-order valence-electron chi connectivity index (χ1n) is 9.35. The number of hydrogen-bond acceptors (Lipinski definition) is 4. The van der Waals surface area contributed by atoms with Crippen molar-refractivity contribution >= 4 is 40.8 Å². The van der Waals surface area contributed by atoms with Crippen molar-refractivity contribution in [3.8, 4) is 0 Å². The maximum Gasteiger partial charge on any atom is 0.279 e. The second-order valence-corrected chi connectivity index (χ2v) is 8.64. The number of pyridine rings is 1. The highest BCUT2D eigenvalue weighted by atomic mass is 32.2. The molecule has 0 saturated carbocycles. The van der Waals surface area contributed by atoms with E-state index in [1.165, 1.54) is 11.8 Å². The van der Waals surface area contributed by atoms with Gasteiger partial charge < -0.3 is 0 Å². The van der Waals surface area contributed by atoms with Crippen LogP contribution in [0.1, 0.15) is 27.6 Å². The van der Waals surface area contributed by atoms with Crippen molar-refractivity contribution < 1.29 is 14.2 Å². The van der Waals surface area contributed by atoms with E-state index in [0.29, 0.717) is 16.8 Å². The standard InChI is InChI=1S/C24H22NO2S2/c1-2-28-24(29-18-21(26)19-12-6-3-7-13-19)22(25-16-10-5-11-17-25)23(27)20-14-8-4-9-15-20/h3-17H,2,18H2,1H3/q+1/b24-22-. The molecule has 0 fully saturated rings. The molecule has 0 radical (unpaired) electrons. The molecule has 5 heteroatoms. The van der Waals surface area contributed by atoms with Crippen molar-refractivity contribution in [3.63, 3.8) is 0 Å². The molecule has 0 N–H and O–H groups in total. The fourth-order valence-corrected chi connectivity index (χ4v) is 4.96. The molecule has 0 aliphatic heterocycles. The van der Waals surface area contributed by atoms with Crippen LogP contribution >= 0.6 is 23.5 Å². The van der Waals surface area contributed by atoms with Gasteiger partial charge in [0.05, 0.1) is 5.75 Å². The third-order valence-electron chi connectivity index (χ3n) is 4.12. The smallest absolute Gasteiger partial charge is 0.279 e. The van der Waals surface area contributed by atoms with Crippen LogP contribution < -0.4 is 4.57 Å². The molecular weight excluding hydrogens is 398 g/mol. The van der Waals surface area contributed by atoms with Crippen LogP contribution in [0, 0.1) is 0 Å². The number of ketones is 2. The van der Waals surface area contributed by atoms with Crippen molar-refractivity contribution in [2.24, 2.45) is 0 Å². The van der Waals surface area contributed by atoms with Gasteiger partial charge in [0.1, 0.15) is 4.24 Å². The second kappa shape index (κ2) is 10.8. The number of Topliss-reactive ketones (excluding diaryl/α,β-unsaturated/α-hetero) is 2. The zero-order valence-corrected chi connectivity index (χ0v) is 17.8. The lowest BCUT2D eigenvalue weighted by atomic mass is 10.1. The first-order chi connectivity index (χ1) is 14.2. The number of thioether (sulfide) groups is 2. The molecule has 3 nitrogen and oxygen atoms in total. The Labute approximate surface area is 179 Å². The van der Waals surface area contributed by atoms with E-state index >= 15 is 0 Å². The molecule has 0 spiro atoms. The predicted octanol–water partition coefficient (Wildman–Crippen LogP) is 5.35. The topological polar surface area (TPSA) is 38.0 Å². The van der Waals surface area contributed by atoms with Gasteiger partial charge >= 0.3 is 0 Å². The highest BCUT2D eigenvalue weighted by molar-refractivity contribution is 8.22. The summed E-state index contributed by atoms with van der Waals surface area (Å²) in [6.45, 7) is 2.05. The molecule has 0 bridgehead atoms. The number of hydrogen-bond donors (Lipinski definition) is 0. The number of carbonyl (C=O) groups excluding carboxylic acids is 2. The van der Waals surface area contributed by atoms with Crippen LogP contribution in [-0.4, -0.2) is 23.1 Å². The summed E-state index contributed by atoms with van der Waals surface area (Å²) in [7, 11) is 0. The molecule has 146 valence electrons. The van der Waals surface area contributed by atoms with Gasteiger partial charge in [-0.3, -0.25) is 9.59 Å². The largest absolute Gasteiger partial charge is 0.293 e. The Morgan fingerprint density at radius 1 is 0.759 bits per heavy atom. The number of rotatable bonds is 9. The maximum absolute atomic E-state index is 13.4. The Morgan fingerprint density at radius 2 is 1.31 bits per heavy atom. The summed E-state index contributed by atoms with van der Waals surface area (Å²) in [4.78, 5) is 26.0. The molecule has 3 rings (SSSR count). The van der Waals surface area contributed by atoms with Crippen molar-refractivity contribution in [3.05, 3.63) is 107 Å². The summed E-state index contributed by atoms with van der Waals surface area (Å²) in [6.07, 6.45) is 3.73. The average molecular weight is 421 g/mol. The minimum absolute atomic E-state index is 0.0503. The van der Waals surface area contributed by atoms with E-state index in [2.05, 4.69) is 0 Å². The van der Waals surface area contributed by atoms with Gasteiger partial charge in [0.2, 0.25) is 0 Å². The van der Waals surface area contributed by atoms with Gasteiger partial charge in [-0.25, -0.2) is 0 Å². The lowest BCUT2D eigenvalue weighted by Crippen LogP contribution is -2.36. The van der Waals surface area contributed by atoms with Crippen LogP contribution in [0.3, 0.4) is 0 Å². The molecule has 3 aromatic rings. The molecule has 2 aromatic carbocycles. The van der Waals surface area contributed by atoms with E-state index in [0.717, 1.165) is 9.99 Å². The minimum Gasteiger partial charge on any atom is -0.293 e. The van der Waals surface area contributed by atoms with Gasteiger partial charge in [0.25, 0.3) is 11.5 Å². The average Bonchev–Trinajstić information content (AvgIpc) is 2.79. The maximum atomic E-state index is 13.4. The monoisotopic (exact) mass is 420 g/mol. The normalized spacial score (nSPS) is 11.6. The van der Waals surface area contributed by atoms with E-state index in [1.54, 1.807) is 11.8 Å². The quantitative estimate of drug-likeness (QED) is 0.266. The van der Waals surface area contributed by atoms with Crippen molar-refractivity contribution in [2.45, 2.75) is 6.92 Å². The Balaban J connectivity index is 1.97. The van der Waals surface area contributed by atoms with Gasteiger partial charge in [-0.15, -0.1) is 23.5 Å². The number of nitrogens with zero attached hydrogens (tertiary/aromatic N) is 1. The highest BCUT2D eigenvalue weighted by Gasteiger charge is 2.27. The lowest BCUT2D eigenvalue weighted by molar-refractivity contribution is -0.576. The zero-order valence-electron chi connectivity index (χ0n) is 16.2. The summed E-state index contributed by atoms with van der Waals surface area (Å²) < 4.78 is 2.69. The first kappa shape index (κ1) is 21.1. The molecule has 0 unspecified atom stereocenters. The van der Waals surface area contributed by atoms with Gasteiger partial charge in [-0.1, -0.05) is 73.7 Å². The van der Waals surface area contributed by atoms with Crippen molar-refractivity contribution in [2.75, 3.05) is 11.5 Å². The summed E-state index contributed by atoms with van der Waals surface area (Å²) in [5, 5.41) is 0. The number of carbonyl (C=O) groups is 2. The SMILES string of the molecule is CCS/C(SCC(=O)c1ccccc1)=C(\C(=O)c1ccccc1)[n+]1ccccc1. The molecule has 29 heavy (non-hydrogen) atoms. The van der Waals surface area contributed by atoms with Crippen LogP contribution in [0.5, 0.6) is 0 Å². The molecule has 0 saturated heterocycles. The van der Waals surface area contributed by atoms with E-state index in [-0.39, 0.29) is 17.3 Å². The highest BCUT2D eigenvalue weighted by Crippen LogP contribution is 2.33. The molecule has 0 amide bonds. The summed E-state index contributed by atoms with van der Waals surface area (Å²) >= 11 is 3.01. The van der Waals surface area contributed by atoms with E-state index in [9.17, 15) is 9.59 Å². The third-order valence-corrected chi connectivity index (χ3v) is 6.44. The van der Waals surface area contributed by atoms with Gasteiger partial charge in [0.15, 0.2) is 18.2 Å². The Kier molecular flexibility index (Phi) is 7.85. The van der Waals surface area contributed by atoms with Gasteiger partial charge in [0, 0.05) is 23.3 Å². The van der Waals surface area contributed by atoms with Crippen LogP contribution in [0.2, 0.25) is 0 Å². The number of allylic oxidation sites excluding steroid dienone is 1. The fourth-order valence-electron chi connectivity index (χ4n) is 2.74. The lowest BCUT2D eigenvalue weighted by Gasteiger charge is -2.09. The number of benzene rings is 2. The first-order valence-corrected chi connectivity index (χ1v) is 11.3. The molecule has 0 atom stereocenters. The second-order valence-electron chi connectivity index (χ2n) is 6.12. The Hall–Kier alpha value is -2.63. The van der Waals surface area contributed by atoms with Crippen molar-refractivity contribution in [1.29, 1.82) is 0 Å². The van der Waals surface area contributed by atoms with Crippen molar-refractivity contribution in [1.82, 2.24) is 0 Å². The van der Waals surface area contributed by atoms with Crippen LogP contribution in [-0.2, 0) is 0 Å². The molecule has 0 aliphatic rings. The molecular formula is C24H22NO2S2+. The van der Waals surface area contributed by atoms with Crippen LogP contribution in [0.4, 0.5) is 0 Å². The van der Waals surface area contributed by atoms with E-state index in [1.807, 2.05) is 103 Å². The third kappa shape index (κ3) is 5.68. The van der Waals surface area contributed by atoms with E-state index in [4.69, 9.17) is 0 Å². The Morgan fingerprint density at radius 3 is 1.90 bits per heavy atom. The van der Waals surface area contributed by atoms with Gasteiger partial charge in [-0.05, 0) is 5.75 Å². The molecule has 0 aliphatic carbocycles. The van der Waals surface area contributed by atoms with Crippen LogP contribution in [0.25, 0.3) is 5.70 Å². The summed E-state index contributed by atoms with van der Waals surface area (Å²) in [6, 6.07) is 24.2. The molecule has 1 aromatic heterocycles. The van der Waals surface area contributed by atoms with Gasteiger partial charge in [-0.2, -0.15) is 4.57 Å². The minimum atomic E-state index is -0.0580. The molecule has 1 heterocycles. The van der Waals surface area contributed by atoms with E-state index < -0.39 is 0 Å². The van der Waals surface area contributed by atoms with Crippen LogP contribution in [0.15, 0.2) is 95.5 Å². The summed E-state index contributed by atoms with van der Waals surface area (Å²) in [5.41, 5.74) is 1.89. The predicted molar refractivity (Wildman–Crippen MR) is 122 cm³/mol. The zero-order chi connectivity index (χ0) is 20.5.